The van der Waals surface area contributed by atoms with E-state index in [-0.39, 0.29) is 5.04 Å². The number of anilines is 2. The van der Waals surface area contributed by atoms with Crippen LogP contribution in [-0.4, -0.2) is 49.4 Å². The van der Waals surface area contributed by atoms with Gasteiger partial charge in [-0.1, -0.05) is 39.0 Å². The average Bonchev–Trinajstić information content (AvgIpc) is 2.88. The number of hydrogen-bond acceptors (Lipinski definition) is 6. The summed E-state index contributed by atoms with van der Waals surface area (Å²) in [6, 6.07) is 22.7. The molecule has 0 atom stereocenters. The van der Waals surface area contributed by atoms with Crippen LogP contribution >= 0.6 is 0 Å². The fraction of sp³-hybridized carbons (Fsp3) is 0.345. The van der Waals surface area contributed by atoms with Gasteiger partial charge in [0, 0.05) is 43.4 Å². The molecule has 0 spiro atoms. The van der Waals surface area contributed by atoms with E-state index < -0.39 is 8.32 Å². The van der Waals surface area contributed by atoms with Crippen molar-refractivity contribution in [3.05, 3.63) is 72.9 Å². The van der Waals surface area contributed by atoms with Crippen LogP contribution in [0.3, 0.4) is 0 Å². The Hall–Kier alpha value is -3.45. The molecule has 0 N–H and O–H groups in total. The molecule has 0 bridgehead atoms. The Labute approximate surface area is 215 Å². The second kappa shape index (κ2) is 9.54. The molecule has 1 fully saturated rings. The van der Waals surface area contributed by atoms with Gasteiger partial charge < -0.3 is 14.2 Å². The summed E-state index contributed by atoms with van der Waals surface area (Å²) in [6.07, 6.45) is 1.79. The Kier molecular flexibility index (Phi) is 6.43. The first-order chi connectivity index (χ1) is 17.2. The molecule has 2 aromatic heterocycles. The quantitative estimate of drug-likeness (QED) is 0.297. The SMILES string of the molecule is CC(C)(C)[Si](C)(C)Oc1ccc(N2CCN(c3nc(-c4ccccn4)nc4ccccc34)CC2)cc1. The lowest BCUT2D eigenvalue weighted by atomic mass is 10.2. The monoisotopic (exact) mass is 497 g/mol. The van der Waals surface area contributed by atoms with Crippen LogP contribution in [0.25, 0.3) is 22.4 Å². The van der Waals surface area contributed by atoms with Gasteiger partial charge in [0.2, 0.25) is 8.32 Å². The highest BCUT2D eigenvalue weighted by molar-refractivity contribution is 6.74. The van der Waals surface area contributed by atoms with E-state index in [1.165, 1.54) is 5.69 Å². The zero-order valence-electron chi connectivity index (χ0n) is 21.9. The zero-order chi connectivity index (χ0) is 25.3. The topological polar surface area (TPSA) is 54.4 Å². The van der Waals surface area contributed by atoms with Crippen molar-refractivity contribution in [2.45, 2.75) is 38.9 Å². The number of nitrogens with zero attached hydrogens (tertiary/aromatic N) is 5. The Balaban J connectivity index is 1.32. The van der Waals surface area contributed by atoms with Crippen molar-refractivity contribution in [1.29, 1.82) is 0 Å². The maximum Gasteiger partial charge on any atom is 0.250 e. The lowest BCUT2D eigenvalue weighted by Gasteiger charge is -2.38. The van der Waals surface area contributed by atoms with E-state index >= 15 is 0 Å². The third-order valence-electron chi connectivity index (χ3n) is 7.44. The molecule has 4 aromatic rings. The third-order valence-corrected chi connectivity index (χ3v) is 11.8. The van der Waals surface area contributed by atoms with Crippen molar-refractivity contribution in [3.8, 4) is 17.3 Å². The number of hydrogen-bond donors (Lipinski definition) is 0. The summed E-state index contributed by atoms with van der Waals surface area (Å²) in [4.78, 5) is 19.1. The van der Waals surface area contributed by atoms with Gasteiger partial charge in [0.25, 0.3) is 0 Å². The lowest BCUT2D eigenvalue weighted by Crippen LogP contribution is -2.47. The Morgan fingerprint density at radius 1 is 0.778 bits per heavy atom. The van der Waals surface area contributed by atoms with Gasteiger partial charge in [-0.15, -0.1) is 0 Å². The molecule has 0 amide bonds. The lowest BCUT2D eigenvalue weighted by molar-refractivity contribution is 0.492. The van der Waals surface area contributed by atoms with Crippen LogP contribution in [0, 0.1) is 0 Å². The highest BCUT2D eigenvalue weighted by atomic mass is 28.4. The first kappa shape index (κ1) is 24.3. The highest BCUT2D eigenvalue weighted by Crippen LogP contribution is 2.37. The molecule has 1 aliphatic rings. The summed E-state index contributed by atoms with van der Waals surface area (Å²) in [6.45, 7) is 15.0. The Morgan fingerprint density at radius 3 is 2.11 bits per heavy atom. The molecule has 3 heterocycles. The van der Waals surface area contributed by atoms with Crippen LogP contribution in [-0.2, 0) is 0 Å². The number of fused-ring (bicyclic) bond motifs is 1. The Bertz CT molecular complexity index is 1330. The maximum absolute atomic E-state index is 6.46. The second-order valence-corrected chi connectivity index (χ2v) is 15.7. The molecule has 2 aromatic carbocycles. The van der Waals surface area contributed by atoms with Crippen LogP contribution in [0.1, 0.15) is 20.8 Å². The maximum atomic E-state index is 6.46. The number of rotatable bonds is 5. The van der Waals surface area contributed by atoms with E-state index in [1.54, 1.807) is 6.20 Å². The molecule has 0 aliphatic carbocycles. The van der Waals surface area contributed by atoms with Gasteiger partial charge in [-0.2, -0.15) is 0 Å². The first-order valence-electron chi connectivity index (χ1n) is 12.7. The second-order valence-electron chi connectivity index (χ2n) is 10.9. The minimum atomic E-state index is -1.84. The fourth-order valence-corrected chi connectivity index (χ4v) is 5.29. The zero-order valence-corrected chi connectivity index (χ0v) is 22.9. The molecular formula is C29H35N5OSi. The summed E-state index contributed by atoms with van der Waals surface area (Å²) in [5.41, 5.74) is 2.98. The highest BCUT2D eigenvalue weighted by Gasteiger charge is 2.39. The fourth-order valence-electron chi connectivity index (χ4n) is 4.26. The van der Waals surface area contributed by atoms with E-state index in [4.69, 9.17) is 14.4 Å². The smallest absolute Gasteiger partial charge is 0.250 e. The van der Waals surface area contributed by atoms with E-state index in [1.807, 2.05) is 24.3 Å². The predicted molar refractivity (Wildman–Crippen MR) is 151 cm³/mol. The van der Waals surface area contributed by atoms with Crippen molar-refractivity contribution >= 4 is 30.7 Å². The van der Waals surface area contributed by atoms with Crippen molar-refractivity contribution in [3.63, 3.8) is 0 Å². The predicted octanol–water partition coefficient (Wildman–Crippen LogP) is 6.40. The molecule has 36 heavy (non-hydrogen) atoms. The van der Waals surface area contributed by atoms with E-state index in [9.17, 15) is 0 Å². The van der Waals surface area contributed by atoms with Gasteiger partial charge in [0.15, 0.2) is 5.82 Å². The Morgan fingerprint density at radius 2 is 1.44 bits per heavy atom. The van der Waals surface area contributed by atoms with Gasteiger partial charge in [-0.05, 0) is 66.7 Å². The number of para-hydroxylation sites is 1. The summed E-state index contributed by atoms with van der Waals surface area (Å²) in [7, 11) is -1.84. The van der Waals surface area contributed by atoms with Gasteiger partial charge >= 0.3 is 0 Å². The molecule has 0 radical (unpaired) electrons. The van der Waals surface area contributed by atoms with Crippen LogP contribution < -0.4 is 14.2 Å². The van der Waals surface area contributed by atoms with Gasteiger partial charge in [0.1, 0.15) is 17.3 Å². The van der Waals surface area contributed by atoms with Crippen LogP contribution in [0.15, 0.2) is 72.9 Å². The summed E-state index contributed by atoms with van der Waals surface area (Å²) in [5.74, 6) is 2.63. The van der Waals surface area contributed by atoms with Crippen LogP contribution in [0.5, 0.6) is 5.75 Å². The molecule has 1 saturated heterocycles. The molecule has 7 heteroatoms. The largest absolute Gasteiger partial charge is 0.544 e. The van der Waals surface area contributed by atoms with Crippen molar-refractivity contribution in [1.82, 2.24) is 15.0 Å². The molecule has 6 nitrogen and oxygen atoms in total. The third kappa shape index (κ3) is 4.93. The molecule has 186 valence electrons. The van der Waals surface area contributed by atoms with E-state index in [2.05, 4.69) is 91.1 Å². The first-order valence-corrected chi connectivity index (χ1v) is 15.6. The number of aromatic nitrogens is 3. The van der Waals surface area contributed by atoms with Crippen LogP contribution in [0.2, 0.25) is 18.1 Å². The minimum absolute atomic E-state index is 0.184. The van der Waals surface area contributed by atoms with Crippen LogP contribution in [0.4, 0.5) is 11.5 Å². The molecule has 0 unspecified atom stereocenters. The normalized spacial score (nSPS) is 14.8. The van der Waals surface area contributed by atoms with E-state index in [0.29, 0.717) is 5.82 Å². The molecule has 0 saturated carbocycles. The standard InChI is InChI=1S/C29H35N5OSi/c1-29(2,3)36(4,5)35-23-15-13-22(14-16-23)33-18-20-34(21-19-33)28-24-10-6-7-11-25(24)31-27(32-28)26-12-8-9-17-30-26/h6-17H,18-21H2,1-5H3. The van der Waals surface area contributed by atoms with Crippen molar-refractivity contribution in [2.75, 3.05) is 36.0 Å². The van der Waals surface area contributed by atoms with Gasteiger partial charge in [-0.3, -0.25) is 4.98 Å². The number of piperazine rings is 1. The van der Waals surface area contributed by atoms with Crippen molar-refractivity contribution in [2.24, 2.45) is 0 Å². The van der Waals surface area contributed by atoms with E-state index in [0.717, 1.165) is 54.3 Å². The molecular weight excluding hydrogens is 462 g/mol. The van der Waals surface area contributed by atoms with Gasteiger partial charge in [0.05, 0.1) is 5.52 Å². The molecule has 5 rings (SSSR count). The minimum Gasteiger partial charge on any atom is -0.544 e. The summed E-state index contributed by atoms with van der Waals surface area (Å²) >= 11 is 0. The average molecular weight is 498 g/mol. The summed E-state index contributed by atoms with van der Waals surface area (Å²) in [5, 5.41) is 1.27. The number of pyridine rings is 1. The molecule has 1 aliphatic heterocycles. The number of benzene rings is 2. The van der Waals surface area contributed by atoms with Gasteiger partial charge in [-0.25, -0.2) is 9.97 Å². The van der Waals surface area contributed by atoms with Crippen molar-refractivity contribution < 1.29 is 4.43 Å². The summed E-state index contributed by atoms with van der Waals surface area (Å²) < 4.78 is 6.46.